The zero-order chi connectivity index (χ0) is 15.2. The number of fused-ring (bicyclic) bond motifs is 1. The second-order valence-electron chi connectivity index (χ2n) is 5.56. The van der Waals surface area contributed by atoms with Gasteiger partial charge in [0.05, 0.1) is 19.1 Å². The van der Waals surface area contributed by atoms with Crippen LogP contribution in [0.15, 0.2) is 18.2 Å². The Hall–Kier alpha value is -1.43. The second-order valence-corrected chi connectivity index (χ2v) is 5.56. The van der Waals surface area contributed by atoms with Crippen molar-refractivity contribution >= 4 is 5.97 Å². The van der Waals surface area contributed by atoms with Gasteiger partial charge in [0.1, 0.15) is 0 Å². The van der Waals surface area contributed by atoms with Crippen LogP contribution in [-0.4, -0.2) is 40.5 Å². The molecule has 116 valence electrons. The van der Waals surface area contributed by atoms with E-state index in [1.54, 1.807) is 0 Å². The van der Waals surface area contributed by atoms with E-state index in [9.17, 15) is 9.90 Å². The monoisotopic (exact) mass is 293 g/mol. The van der Waals surface area contributed by atoms with Crippen LogP contribution in [0.1, 0.15) is 42.1 Å². The highest BCUT2D eigenvalue weighted by molar-refractivity contribution is 5.67. The zero-order valence-corrected chi connectivity index (χ0v) is 12.1. The van der Waals surface area contributed by atoms with Gasteiger partial charge in [0, 0.05) is 12.6 Å². The maximum Gasteiger partial charge on any atom is 0.305 e. The van der Waals surface area contributed by atoms with Crippen molar-refractivity contribution in [3.05, 3.63) is 34.9 Å². The first-order valence-corrected chi connectivity index (χ1v) is 7.47. The molecule has 2 atom stereocenters. The summed E-state index contributed by atoms with van der Waals surface area (Å²) >= 11 is 0. The molecule has 2 unspecified atom stereocenters. The van der Waals surface area contributed by atoms with Crippen molar-refractivity contribution in [1.82, 2.24) is 5.32 Å². The van der Waals surface area contributed by atoms with Crippen molar-refractivity contribution < 1.29 is 20.1 Å². The summed E-state index contributed by atoms with van der Waals surface area (Å²) in [6.45, 7) is 0.174. The van der Waals surface area contributed by atoms with Gasteiger partial charge in [-0.05, 0) is 42.4 Å². The number of carboxylic acids is 1. The Balaban J connectivity index is 2.14. The molecule has 1 aliphatic rings. The zero-order valence-electron chi connectivity index (χ0n) is 12.1. The van der Waals surface area contributed by atoms with Gasteiger partial charge < -0.3 is 20.6 Å². The fourth-order valence-electron chi connectivity index (χ4n) is 2.90. The molecule has 0 saturated heterocycles. The number of hydrogen-bond donors (Lipinski definition) is 4. The van der Waals surface area contributed by atoms with Crippen molar-refractivity contribution in [3.8, 4) is 0 Å². The number of carbonyl (C=O) groups is 1. The molecular formula is C16H23NO4. The Morgan fingerprint density at radius 3 is 2.62 bits per heavy atom. The van der Waals surface area contributed by atoms with Gasteiger partial charge >= 0.3 is 5.97 Å². The van der Waals surface area contributed by atoms with Crippen LogP contribution in [0.4, 0.5) is 0 Å². The first kappa shape index (κ1) is 15.9. The summed E-state index contributed by atoms with van der Waals surface area (Å²) < 4.78 is 0. The normalized spacial score (nSPS) is 17.0. The molecule has 0 saturated carbocycles. The second kappa shape index (κ2) is 7.54. The van der Waals surface area contributed by atoms with E-state index in [1.807, 2.05) is 18.2 Å². The summed E-state index contributed by atoms with van der Waals surface area (Å²) in [5.74, 6) is -0.970. The Morgan fingerprint density at radius 2 is 1.95 bits per heavy atom. The van der Waals surface area contributed by atoms with E-state index in [0.717, 1.165) is 24.8 Å². The first-order valence-electron chi connectivity index (χ1n) is 7.47. The summed E-state index contributed by atoms with van der Waals surface area (Å²) in [4.78, 5) is 10.9. The standard InChI is InChI=1S/C16H23NO4/c18-8-7-17-14(10-15(19)20)16(21)13-6-5-11-3-1-2-4-12(11)9-13/h5-6,9,14,16-18,21H,1-4,7-8,10H2,(H,19,20). The highest BCUT2D eigenvalue weighted by Gasteiger charge is 2.24. The minimum atomic E-state index is -0.970. The molecule has 0 amide bonds. The quantitative estimate of drug-likeness (QED) is 0.603. The molecule has 0 spiro atoms. The van der Waals surface area contributed by atoms with Crippen LogP contribution in [0.5, 0.6) is 0 Å². The van der Waals surface area contributed by atoms with E-state index in [-0.39, 0.29) is 19.6 Å². The molecule has 5 nitrogen and oxygen atoms in total. The van der Waals surface area contributed by atoms with Crippen molar-refractivity contribution in [2.75, 3.05) is 13.2 Å². The van der Waals surface area contributed by atoms with Crippen molar-refractivity contribution in [2.45, 2.75) is 44.2 Å². The van der Waals surface area contributed by atoms with Crippen LogP contribution in [0.3, 0.4) is 0 Å². The molecular weight excluding hydrogens is 270 g/mol. The van der Waals surface area contributed by atoms with Crippen LogP contribution in [0.2, 0.25) is 0 Å². The van der Waals surface area contributed by atoms with Crippen LogP contribution in [0.25, 0.3) is 0 Å². The Labute approximate surface area is 124 Å². The number of aliphatic carboxylic acids is 1. The van der Waals surface area contributed by atoms with Crippen molar-refractivity contribution in [1.29, 1.82) is 0 Å². The van der Waals surface area contributed by atoms with Crippen LogP contribution >= 0.6 is 0 Å². The molecule has 0 radical (unpaired) electrons. The molecule has 2 rings (SSSR count). The Morgan fingerprint density at radius 1 is 1.24 bits per heavy atom. The minimum Gasteiger partial charge on any atom is -0.481 e. The SMILES string of the molecule is O=C(O)CC(NCCO)C(O)c1ccc2c(c1)CCCC2. The smallest absolute Gasteiger partial charge is 0.305 e. The summed E-state index contributed by atoms with van der Waals surface area (Å²) in [6.07, 6.45) is 3.39. The fourth-order valence-corrected chi connectivity index (χ4v) is 2.90. The predicted octanol–water partition coefficient (Wildman–Crippen LogP) is 1.02. The summed E-state index contributed by atoms with van der Waals surface area (Å²) in [5.41, 5.74) is 3.33. The van der Waals surface area contributed by atoms with Crippen LogP contribution in [-0.2, 0) is 17.6 Å². The molecule has 0 fully saturated rings. The average molecular weight is 293 g/mol. The molecule has 0 aromatic heterocycles. The number of carboxylic acid groups (broad SMARTS) is 1. The molecule has 0 heterocycles. The van der Waals surface area contributed by atoms with Gasteiger partial charge in [0.15, 0.2) is 0 Å². The third kappa shape index (κ3) is 4.27. The fraction of sp³-hybridized carbons (Fsp3) is 0.562. The number of hydrogen-bond acceptors (Lipinski definition) is 4. The lowest BCUT2D eigenvalue weighted by molar-refractivity contribution is -0.138. The lowest BCUT2D eigenvalue weighted by Gasteiger charge is -2.25. The van der Waals surface area contributed by atoms with Crippen LogP contribution < -0.4 is 5.32 Å². The van der Waals surface area contributed by atoms with E-state index in [2.05, 4.69) is 5.32 Å². The number of aryl methyl sites for hydroxylation is 2. The Bertz CT molecular complexity index is 489. The van der Waals surface area contributed by atoms with Gasteiger partial charge in [-0.2, -0.15) is 0 Å². The maximum absolute atomic E-state index is 10.9. The highest BCUT2D eigenvalue weighted by Crippen LogP contribution is 2.26. The topological polar surface area (TPSA) is 89.8 Å². The van der Waals surface area contributed by atoms with Gasteiger partial charge in [0.25, 0.3) is 0 Å². The molecule has 0 bridgehead atoms. The molecule has 1 aromatic carbocycles. The van der Waals surface area contributed by atoms with Gasteiger partial charge in [0.2, 0.25) is 0 Å². The van der Waals surface area contributed by atoms with Gasteiger partial charge in [-0.25, -0.2) is 0 Å². The van der Waals surface area contributed by atoms with E-state index < -0.39 is 18.1 Å². The van der Waals surface area contributed by atoms with E-state index in [1.165, 1.54) is 17.5 Å². The van der Waals surface area contributed by atoms with Gasteiger partial charge in [-0.3, -0.25) is 4.79 Å². The molecule has 21 heavy (non-hydrogen) atoms. The van der Waals surface area contributed by atoms with E-state index >= 15 is 0 Å². The van der Waals surface area contributed by atoms with Crippen molar-refractivity contribution in [3.63, 3.8) is 0 Å². The average Bonchev–Trinajstić information content (AvgIpc) is 2.50. The molecule has 5 heteroatoms. The third-order valence-electron chi connectivity index (χ3n) is 4.01. The molecule has 4 N–H and O–H groups in total. The molecule has 0 aliphatic heterocycles. The maximum atomic E-state index is 10.9. The van der Waals surface area contributed by atoms with Gasteiger partial charge in [-0.15, -0.1) is 0 Å². The van der Waals surface area contributed by atoms with E-state index in [0.29, 0.717) is 0 Å². The van der Waals surface area contributed by atoms with Crippen LogP contribution in [0, 0.1) is 0 Å². The number of aliphatic hydroxyl groups excluding tert-OH is 2. The first-order chi connectivity index (χ1) is 10.1. The van der Waals surface area contributed by atoms with Gasteiger partial charge in [-0.1, -0.05) is 18.2 Å². The highest BCUT2D eigenvalue weighted by atomic mass is 16.4. The summed E-state index contributed by atoms with van der Waals surface area (Å²) in [7, 11) is 0. The number of rotatable bonds is 7. The minimum absolute atomic E-state index is 0.0903. The van der Waals surface area contributed by atoms with E-state index in [4.69, 9.17) is 10.2 Å². The lowest BCUT2D eigenvalue weighted by atomic mass is 9.88. The predicted molar refractivity (Wildman–Crippen MR) is 79.2 cm³/mol. The largest absolute Gasteiger partial charge is 0.481 e. The lowest BCUT2D eigenvalue weighted by Crippen LogP contribution is -2.38. The summed E-state index contributed by atoms with van der Waals surface area (Å²) in [5, 5.41) is 31.2. The summed E-state index contributed by atoms with van der Waals surface area (Å²) in [6, 6.07) is 5.31. The Kier molecular flexibility index (Phi) is 5.73. The number of benzene rings is 1. The molecule has 1 aliphatic carbocycles. The van der Waals surface area contributed by atoms with Crippen molar-refractivity contribution in [2.24, 2.45) is 0 Å². The number of nitrogens with one attached hydrogen (secondary N) is 1. The number of aliphatic hydroxyl groups is 2. The third-order valence-corrected chi connectivity index (χ3v) is 4.01. The molecule has 1 aromatic rings.